The van der Waals surface area contributed by atoms with E-state index in [1.54, 1.807) is 0 Å². The van der Waals surface area contributed by atoms with Crippen LogP contribution in [0, 0.1) is 5.41 Å². The molecule has 0 amide bonds. The fourth-order valence-corrected chi connectivity index (χ4v) is 2.80. The Morgan fingerprint density at radius 1 is 1.24 bits per heavy atom. The summed E-state index contributed by atoms with van der Waals surface area (Å²) in [6.45, 7) is 14.5. The predicted molar refractivity (Wildman–Crippen MR) is 90.7 cm³/mol. The molecule has 118 valence electrons. The van der Waals surface area contributed by atoms with Crippen molar-refractivity contribution in [3.63, 3.8) is 0 Å². The highest BCUT2D eigenvalue weighted by Gasteiger charge is 2.23. The van der Waals surface area contributed by atoms with Crippen LogP contribution in [0.3, 0.4) is 0 Å². The maximum atomic E-state index is 4.50. The first-order valence-electron chi connectivity index (χ1n) is 8.20. The van der Waals surface area contributed by atoms with E-state index >= 15 is 0 Å². The number of nitrogens with zero attached hydrogens (tertiary/aromatic N) is 2. The van der Waals surface area contributed by atoms with E-state index in [2.05, 4.69) is 62.0 Å². The van der Waals surface area contributed by atoms with Gasteiger partial charge in [0.05, 0.1) is 5.69 Å². The molecule has 1 N–H and O–H groups in total. The van der Waals surface area contributed by atoms with Crippen LogP contribution < -0.4 is 10.2 Å². The Morgan fingerprint density at radius 3 is 2.71 bits per heavy atom. The molecule has 2 rings (SSSR count). The smallest absolute Gasteiger partial charge is 0.0562 e. The molecule has 21 heavy (non-hydrogen) atoms. The van der Waals surface area contributed by atoms with Crippen molar-refractivity contribution in [2.45, 2.75) is 66.0 Å². The third-order valence-corrected chi connectivity index (χ3v) is 4.31. The number of pyridine rings is 1. The summed E-state index contributed by atoms with van der Waals surface area (Å²) >= 11 is 0. The fourth-order valence-electron chi connectivity index (χ4n) is 2.80. The van der Waals surface area contributed by atoms with Crippen molar-refractivity contribution >= 4 is 5.69 Å². The van der Waals surface area contributed by atoms with Gasteiger partial charge in [0.1, 0.15) is 0 Å². The Bertz CT molecular complexity index is 460. The molecule has 0 bridgehead atoms. The molecule has 0 aliphatic carbocycles. The van der Waals surface area contributed by atoms with Gasteiger partial charge in [-0.1, -0.05) is 13.8 Å². The van der Waals surface area contributed by atoms with E-state index in [0.717, 1.165) is 18.8 Å². The first-order valence-corrected chi connectivity index (χ1v) is 8.20. The standard InChI is InChI=1S/C18H31N3/c1-17(2,3)20-14-15-13-16(7-10-19-15)21-11-6-8-18(4,5)9-12-21/h7,10,13,20H,6,8-9,11-12,14H2,1-5H3. The average Bonchev–Trinajstić information content (AvgIpc) is 2.57. The largest absolute Gasteiger partial charge is 0.371 e. The number of rotatable bonds is 3. The highest BCUT2D eigenvalue weighted by molar-refractivity contribution is 5.46. The molecule has 2 heterocycles. The molecule has 0 unspecified atom stereocenters. The van der Waals surface area contributed by atoms with Crippen LogP contribution in [0.25, 0.3) is 0 Å². The molecule has 0 spiro atoms. The van der Waals surface area contributed by atoms with Crippen LogP contribution in [0.4, 0.5) is 5.69 Å². The summed E-state index contributed by atoms with van der Waals surface area (Å²) in [6.07, 6.45) is 5.83. The Balaban J connectivity index is 2.03. The van der Waals surface area contributed by atoms with Gasteiger partial charge in [0.15, 0.2) is 0 Å². The van der Waals surface area contributed by atoms with Crippen LogP contribution in [0.1, 0.15) is 59.6 Å². The quantitative estimate of drug-likeness (QED) is 0.912. The zero-order chi connectivity index (χ0) is 15.5. The van der Waals surface area contributed by atoms with Crippen molar-refractivity contribution in [3.05, 3.63) is 24.0 Å². The lowest BCUT2D eigenvalue weighted by atomic mass is 9.85. The van der Waals surface area contributed by atoms with Gasteiger partial charge in [0, 0.05) is 37.1 Å². The van der Waals surface area contributed by atoms with Gasteiger partial charge in [-0.2, -0.15) is 0 Å². The highest BCUT2D eigenvalue weighted by atomic mass is 15.1. The normalized spacial score (nSPS) is 19.4. The molecule has 3 heteroatoms. The molecule has 1 aliphatic rings. The molecule has 1 aliphatic heterocycles. The van der Waals surface area contributed by atoms with Crippen LogP contribution in [0.5, 0.6) is 0 Å². The summed E-state index contributed by atoms with van der Waals surface area (Å²) in [6, 6.07) is 4.40. The van der Waals surface area contributed by atoms with E-state index in [0.29, 0.717) is 5.41 Å². The molecule has 0 aromatic carbocycles. The van der Waals surface area contributed by atoms with Crippen molar-refractivity contribution in [3.8, 4) is 0 Å². The Labute approximate surface area is 130 Å². The lowest BCUT2D eigenvalue weighted by Gasteiger charge is -2.25. The predicted octanol–water partition coefficient (Wildman–Crippen LogP) is 3.99. The van der Waals surface area contributed by atoms with Crippen molar-refractivity contribution in [1.82, 2.24) is 10.3 Å². The molecule has 0 atom stereocenters. The zero-order valence-electron chi connectivity index (χ0n) is 14.4. The number of anilines is 1. The monoisotopic (exact) mass is 289 g/mol. The molecular formula is C18H31N3. The Hall–Kier alpha value is -1.09. The number of aromatic nitrogens is 1. The first kappa shape index (κ1) is 16.3. The van der Waals surface area contributed by atoms with Crippen molar-refractivity contribution in [1.29, 1.82) is 0 Å². The van der Waals surface area contributed by atoms with E-state index in [1.807, 2.05) is 6.20 Å². The molecule has 0 saturated carbocycles. The van der Waals surface area contributed by atoms with E-state index in [9.17, 15) is 0 Å². The van der Waals surface area contributed by atoms with E-state index in [4.69, 9.17) is 0 Å². The second kappa shape index (κ2) is 6.35. The molecule has 1 aromatic heterocycles. The second-order valence-electron chi connectivity index (χ2n) is 8.11. The third kappa shape index (κ3) is 5.31. The second-order valence-corrected chi connectivity index (χ2v) is 8.11. The summed E-state index contributed by atoms with van der Waals surface area (Å²) in [4.78, 5) is 7.02. The molecule has 1 saturated heterocycles. The molecule has 1 fully saturated rings. The third-order valence-electron chi connectivity index (χ3n) is 4.31. The topological polar surface area (TPSA) is 28.2 Å². The lowest BCUT2D eigenvalue weighted by Crippen LogP contribution is -2.35. The van der Waals surface area contributed by atoms with Gasteiger partial charge in [-0.25, -0.2) is 0 Å². The SMILES string of the molecule is CC1(C)CCCN(c2ccnc(CNC(C)(C)C)c2)CC1. The van der Waals surface area contributed by atoms with Crippen molar-refractivity contribution < 1.29 is 0 Å². The maximum absolute atomic E-state index is 4.50. The van der Waals surface area contributed by atoms with Gasteiger partial charge < -0.3 is 10.2 Å². The summed E-state index contributed by atoms with van der Waals surface area (Å²) in [5.41, 5.74) is 3.07. The zero-order valence-corrected chi connectivity index (χ0v) is 14.4. The fraction of sp³-hybridized carbons (Fsp3) is 0.722. The van der Waals surface area contributed by atoms with Gasteiger partial charge in [-0.15, -0.1) is 0 Å². The van der Waals surface area contributed by atoms with Crippen LogP contribution in [-0.4, -0.2) is 23.6 Å². The van der Waals surface area contributed by atoms with E-state index < -0.39 is 0 Å². The summed E-state index contributed by atoms with van der Waals surface area (Å²) in [5, 5.41) is 3.51. The lowest BCUT2D eigenvalue weighted by molar-refractivity contribution is 0.325. The van der Waals surface area contributed by atoms with Gasteiger partial charge in [-0.05, 0) is 57.6 Å². The Kier molecular flexibility index (Phi) is 4.92. The van der Waals surface area contributed by atoms with Crippen molar-refractivity contribution in [2.75, 3.05) is 18.0 Å². The number of hydrogen-bond acceptors (Lipinski definition) is 3. The van der Waals surface area contributed by atoms with Gasteiger partial charge in [-0.3, -0.25) is 4.98 Å². The minimum Gasteiger partial charge on any atom is -0.371 e. The van der Waals surface area contributed by atoms with Crippen LogP contribution >= 0.6 is 0 Å². The summed E-state index contributed by atoms with van der Waals surface area (Å²) in [5.74, 6) is 0. The summed E-state index contributed by atoms with van der Waals surface area (Å²) < 4.78 is 0. The first-order chi connectivity index (χ1) is 9.75. The number of hydrogen-bond donors (Lipinski definition) is 1. The Morgan fingerprint density at radius 2 is 2.00 bits per heavy atom. The van der Waals surface area contributed by atoms with Crippen molar-refractivity contribution in [2.24, 2.45) is 5.41 Å². The molecular weight excluding hydrogens is 258 g/mol. The van der Waals surface area contributed by atoms with E-state index in [1.165, 1.54) is 31.5 Å². The molecule has 0 radical (unpaired) electrons. The number of nitrogens with one attached hydrogen (secondary N) is 1. The van der Waals surface area contributed by atoms with Crippen LogP contribution in [0.2, 0.25) is 0 Å². The molecule has 3 nitrogen and oxygen atoms in total. The van der Waals surface area contributed by atoms with Crippen LogP contribution in [0.15, 0.2) is 18.3 Å². The van der Waals surface area contributed by atoms with Gasteiger partial charge in [0.2, 0.25) is 0 Å². The summed E-state index contributed by atoms with van der Waals surface area (Å²) in [7, 11) is 0. The van der Waals surface area contributed by atoms with Crippen LogP contribution in [-0.2, 0) is 6.54 Å². The molecule has 1 aromatic rings. The highest BCUT2D eigenvalue weighted by Crippen LogP contribution is 2.31. The van der Waals surface area contributed by atoms with Gasteiger partial charge in [0.25, 0.3) is 0 Å². The average molecular weight is 289 g/mol. The van der Waals surface area contributed by atoms with Gasteiger partial charge >= 0.3 is 0 Å². The minimum atomic E-state index is 0.129. The van der Waals surface area contributed by atoms with E-state index in [-0.39, 0.29) is 5.54 Å². The maximum Gasteiger partial charge on any atom is 0.0562 e. The minimum absolute atomic E-state index is 0.129.